The van der Waals surface area contributed by atoms with Gasteiger partial charge in [0, 0.05) is 12.2 Å². The van der Waals surface area contributed by atoms with Crippen molar-refractivity contribution in [2.45, 2.75) is 38.7 Å². The average molecular weight is 205 g/mol. The maximum Gasteiger partial charge on any atom is 0.0841 e. The summed E-state index contributed by atoms with van der Waals surface area (Å²) in [5.74, 6) is 0. The summed E-state index contributed by atoms with van der Waals surface area (Å²) in [5, 5.41) is 13.4. The highest BCUT2D eigenvalue weighted by Crippen LogP contribution is 2.27. The number of aryl methyl sites for hydroxylation is 1. The van der Waals surface area contributed by atoms with Crippen LogP contribution in [-0.4, -0.2) is 11.7 Å². The van der Waals surface area contributed by atoms with Gasteiger partial charge in [0.25, 0.3) is 0 Å². The summed E-state index contributed by atoms with van der Waals surface area (Å²) in [7, 11) is 0. The van der Waals surface area contributed by atoms with E-state index in [9.17, 15) is 5.11 Å². The number of fused-ring (bicyclic) bond motifs is 1. The van der Waals surface area contributed by atoms with Gasteiger partial charge >= 0.3 is 0 Å². The first-order chi connectivity index (χ1) is 7.07. The summed E-state index contributed by atoms with van der Waals surface area (Å²) < 4.78 is 0. The maximum absolute atomic E-state index is 9.93. The lowest BCUT2D eigenvalue weighted by atomic mass is 9.95. The molecule has 2 rings (SSSR count). The van der Waals surface area contributed by atoms with Crippen LogP contribution in [-0.2, 0) is 12.0 Å². The standard InChI is InChI=1S/C13H19NO/c1-13(2,15)11-7-6-10-5-3-4-8-14-12(10)9-11/h6-7,9,14-15H,3-5,8H2,1-2H3. The monoisotopic (exact) mass is 205 g/mol. The average Bonchev–Trinajstić information content (AvgIpc) is 2.39. The van der Waals surface area contributed by atoms with Crippen molar-refractivity contribution in [1.82, 2.24) is 0 Å². The van der Waals surface area contributed by atoms with E-state index < -0.39 is 5.60 Å². The molecule has 1 aliphatic rings. The van der Waals surface area contributed by atoms with E-state index in [1.807, 2.05) is 19.9 Å². The van der Waals surface area contributed by atoms with E-state index in [1.54, 1.807) is 0 Å². The Hall–Kier alpha value is -1.02. The predicted octanol–water partition coefficient (Wildman–Crippen LogP) is 2.66. The van der Waals surface area contributed by atoms with Crippen molar-refractivity contribution in [2.75, 3.05) is 11.9 Å². The molecule has 0 unspecified atom stereocenters. The number of rotatable bonds is 1. The van der Waals surface area contributed by atoms with Crippen molar-refractivity contribution in [3.63, 3.8) is 0 Å². The number of aliphatic hydroxyl groups is 1. The van der Waals surface area contributed by atoms with Crippen LogP contribution in [0.2, 0.25) is 0 Å². The molecule has 0 saturated heterocycles. The molecule has 15 heavy (non-hydrogen) atoms. The first-order valence-corrected chi connectivity index (χ1v) is 5.67. The van der Waals surface area contributed by atoms with Crippen molar-refractivity contribution in [2.24, 2.45) is 0 Å². The van der Waals surface area contributed by atoms with Gasteiger partial charge in [-0.1, -0.05) is 12.1 Å². The second-order valence-electron chi connectivity index (χ2n) is 4.81. The summed E-state index contributed by atoms with van der Waals surface area (Å²) in [6.45, 7) is 4.69. The molecule has 0 atom stereocenters. The fourth-order valence-electron chi connectivity index (χ4n) is 2.00. The molecule has 0 saturated carbocycles. The number of nitrogens with one attached hydrogen (secondary N) is 1. The van der Waals surface area contributed by atoms with Gasteiger partial charge in [-0.25, -0.2) is 0 Å². The van der Waals surface area contributed by atoms with E-state index in [1.165, 1.54) is 24.1 Å². The van der Waals surface area contributed by atoms with Gasteiger partial charge in [-0.15, -0.1) is 0 Å². The maximum atomic E-state index is 9.93. The second-order valence-corrected chi connectivity index (χ2v) is 4.81. The van der Waals surface area contributed by atoms with Crippen LogP contribution in [0.15, 0.2) is 18.2 Å². The third-order valence-corrected chi connectivity index (χ3v) is 3.00. The number of hydrogen-bond donors (Lipinski definition) is 2. The Morgan fingerprint density at radius 1 is 1.27 bits per heavy atom. The number of anilines is 1. The molecule has 0 radical (unpaired) electrons. The number of hydrogen-bond acceptors (Lipinski definition) is 2. The Morgan fingerprint density at radius 3 is 2.80 bits per heavy atom. The normalized spacial score (nSPS) is 16.5. The number of benzene rings is 1. The Morgan fingerprint density at radius 2 is 2.07 bits per heavy atom. The van der Waals surface area contributed by atoms with Crippen LogP contribution in [0.4, 0.5) is 5.69 Å². The van der Waals surface area contributed by atoms with Gasteiger partial charge < -0.3 is 10.4 Å². The first-order valence-electron chi connectivity index (χ1n) is 5.67. The minimum Gasteiger partial charge on any atom is -0.386 e. The zero-order chi connectivity index (χ0) is 10.9. The molecule has 0 amide bonds. The molecule has 1 aromatic rings. The molecule has 2 nitrogen and oxygen atoms in total. The Balaban J connectivity index is 2.36. The molecule has 82 valence electrons. The molecular weight excluding hydrogens is 186 g/mol. The molecule has 0 bridgehead atoms. The van der Waals surface area contributed by atoms with Gasteiger partial charge in [0.1, 0.15) is 0 Å². The SMILES string of the molecule is CC(C)(O)c1ccc2c(c1)NCCCC2. The highest BCUT2D eigenvalue weighted by Gasteiger charge is 2.17. The molecule has 1 aliphatic heterocycles. The topological polar surface area (TPSA) is 32.3 Å². The zero-order valence-corrected chi connectivity index (χ0v) is 9.51. The van der Waals surface area contributed by atoms with Gasteiger partial charge in [0.15, 0.2) is 0 Å². The van der Waals surface area contributed by atoms with E-state index in [0.717, 1.165) is 18.5 Å². The molecule has 0 spiro atoms. The molecular formula is C13H19NO. The molecule has 0 aromatic heterocycles. The third kappa shape index (κ3) is 2.32. The summed E-state index contributed by atoms with van der Waals surface area (Å²) in [5.41, 5.74) is 2.81. The lowest BCUT2D eigenvalue weighted by molar-refractivity contribution is 0.0786. The minimum atomic E-state index is -0.747. The van der Waals surface area contributed by atoms with Crippen molar-refractivity contribution in [3.05, 3.63) is 29.3 Å². The largest absolute Gasteiger partial charge is 0.386 e. The summed E-state index contributed by atoms with van der Waals surface area (Å²) >= 11 is 0. The fraction of sp³-hybridized carbons (Fsp3) is 0.538. The molecule has 1 aromatic carbocycles. The van der Waals surface area contributed by atoms with E-state index in [4.69, 9.17) is 0 Å². The highest BCUT2D eigenvalue weighted by atomic mass is 16.3. The molecule has 0 fully saturated rings. The van der Waals surface area contributed by atoms with Gasteiger partial charge in [0.05, 0.1) is 5.60 Å². The summed E-state index contributed by atoms with van der Waals surface area (Å²) in [6, 6.07) is 6.26. The lowest BCUT2D eigenvalue weighted by Crippen LogP contribution is -2.16. The highest BCUT2D eigenvalue weighted by molar-refractivity contribution is 5.54. The van der Waals surface area contributed by atoms with E-state index in [0.29, 0.717) is 0 Å². The van der Waals surface area contributed by atoms with E-state index in [-0.39, 0.29) is 0 Å². The van der Waals surface area contributed by atoms with Crippen molar-refractivity contribution < 1.29 is 5.11 Å². The molecule has 2 N–H and O–H groups in total. The van der Waals surface area contributed by atoms with Crippen molar-refractivity contribution in [1.29, 1.82) is 0 Å². The first kappa shape index (κ1) is 10.5. The Labute approximate surface area is 91.3 Å². The van der Waals surface area contributed by atoms with Crippen molar-refractivity contribution >= 4 is 5.69 Å². The van der Waals surface area contributed by atoms with Gasteiger partial charge in [-0.2, -0.15) is 0 Å². The van der Waals surface area contributed by atoms with Crippen LogP contribution in [0.1, 0.15) is 37.8 Å². The quantitative estimate of drug-likeness (QED) is 0.738. The van der Waals surface area contributed by atoms with Crippen LogP contribution in [0.25, 0.3) is 0 Å². The molecule has 1 heterocycles. The van der Waals surface area contributed by atoms with E-state index >= 15 is 0 Å². The Bertz CT molecular complexity index is 352. The van der Waals surface area contributed by atoms with Gasteiger partial charge in [-0.3, -0.25) is 0 Å². The van der Waals surface area contributed by atoms with Gasteiger partial charge in [-0.05, 0) is 50.3 Å². The van der Waals surface area contributed by atoms with Crippen LogP contribution >= 0.6 is 0 Å². The summed E-state index contributed by atoms with van der Waals surface area (Å²) in [4.78, 5) is 0. The lowest BCUT2D eigenvalue weighted by Gasteiger charge is -2.20. The third-order valence-electron chi connectivity index (χ3n) is 3.00. The smallest absolute Gasteiger partial charge is 0.0841 e. The van der Waals surface area contributed by atoms with E-state index in [2.05, 4.69) is 17.4 Å². The van der Waals surface area contributed by atoms with Gasteiger partial charge in [0.2, 0.25) is 0 Å². The Kier molecular flexibility index (Phi) is 2.70. The zero-order valence-electron chi connectivity index (χ0n) is 9.51. The van der Waals surface area contributed by atoms with Crippen molar-refractivity contribution in [3.8, 4) is 0 Å². The fourth-order valence-corrected chi connectivity index (χ4v) is 2.00. The summed E-state index contributed by atoms with van der Waals surface area (Å²) in [6.07, 6.45) is 3.63. The molecule has 2 heteroatoms. The predicted molar refractivity (Wildman–Crippen MR) is 63.1 cm³/mol. The second kappa shape index (κ2) is 3.86. The van der Waals surface area contributed by atoms with Crippen LogP contribution in [0, 0.1) is 0 Å². The van der Waals surface area contributed by atoms with Crippen LogP contribution in [0.5, 0.6) is 0 Å². The van der Waals surface area contributed by atoms with Crippen LogP contribution < -0.4 is 5.32 Å². The van der Waals surface area contributed by atoms with Crippen LogP contribution in [0.3, 0.4) is 0 Å². The minimum absolute atomic E-state index is 0.747. The molecule has 0 aliphatic carbocycles.